The molecule has 1 N–H and O–H groups in total. The zero-order valence-electron chi connectivity index (χ0n) is 15.3. The third-order valence-corrected chi connectivity index (χ3v) is 5.09. The van der Waals surface area contributed by atoms with Crippen LogP contribution in [0, 0.1) is 13.8 Å². The number of hydrogen-bond acceptors (Lipinski definition) is 7. The number of rotatable bonds is 4. The molecular weight excluding hydrogens is 364 g/mol. The molecule has 0 aliphatic carbocycles. The second-order valence-corrected chi connectivity index (χ2v) is 7.13. The fourth-order valence-electron chi connectivity index (χ4n) is 3.04. The van der Waals surface area contributed by atoms with Crippen molar-refractivity contribution in [1.82, 2.24) is 19.5 Å². The van der Waals surface area contributed by atoms with Gasteiger partial charge in [0.15, 0.2) is 11.6 Å². The number of aryl methyl sites for hydroxylation is 2. The van der Waals surface area contributed by atoms with Crippen molar-refractivity contribution >= 4 is 22.2 Å². The lowest BCUT2D eigenvalue weighted by molar-refractivity contribution is 0.343. The van der Waals surface area contributed by atoms with Crippen molar-refractivity contribution in [1.29, 1.82) is 0 Å². The van der Waals surface area contributed by atoms with Crippen molar-refractivity contribution in [3.8, 4) is 34.6 Å². The van der Waals surface area contributed by atoms with E-state index in [-0.39, 0.29) is 5.88 Å². The molecule has 0 radical (unpaired) electrons. The minimum absolute atomic E-state index is 0.136. The summed E-state index contributed by atoms with van der Waals surface area (Å²) in [5, 5.41) is 14.2. The molecule has 4 aromatic heterocycles. The van der Waals surface area contributed by atoms with Crippen LogP contribution in [0.2, 0.25) is 0 Å². The monoisotopic (exact) mass is 382 g/mol. The topological polar surface area (TPSA) is 82.3 Å². The average molecular weight is 382 g/mol. The first-order chi connectivity index (χ1) is 13.0. The minimum Gasteiger partial charge on any atom is -0.494 e. The van der Waals surface area contributed by atoms with Crippen LogP contribution >= 0.6 is 11.3 Å². The molecule has 0 aromatic carbocycles. The average Bonchev–Trinajstić information content (AvgIpc) is 3.24. The van der Waals surface area contributed by atoms with Gasteiger partial charge in [0.2, 0.25) is 5.88 Å². The zero-order chi connectivity index (χ0) is 19.1. The van der Waals surface area contributed by atoms with Gasteiger partial charge < -0.3 is 14.6 Å². The predicted molar refractivity (Wildman–Crippen MR) is 104 cm³/mol. The summed E-state index contributed by atoms with van der Waals surface area (Å²) >= 11 is 1.53. The van der Waals surface area contributed by atoms with E-state index in [1.165, 1.54) is 11.3 Å². The lowest BCUT2D eigenvalue weighted by Gasteiger charge is -2.09. The quantitative estimate of drug-likeness (QED) is 0.577. The van der Waals surface area contributed by atoms with Crippen LogP contribution in [-0.4, -0.2) is 38.8 Å². The highest BCUT2D eigenvalue weighted by atomic mass is 32.1. The maximum Gasteiger partial charge on any atom is 0.256 e. The van der Waals surface area contributed by atoms with E-state index in [2.05, 4.69) is 9.97 Å². The van der Waals surface area contributed by atoms with E-state index in [1.54, 1.807) is 31.2 Å². The Kier molecular flexibility index (Phi) is 4.19. The molecule has 0 atom stereocenters. The highest BCUT2D eigenvalue weighted by Crippen LogP contribution is 2.35. The van der Waals surface area contributed by atoms with E-state index < -0.39 is 0 Å². The number of thiazole rings is 1. The van der Waals surface area contributed by atoms with Crippen LogP contribution in [0.1, 0.15) is 10.6 Å². The van der Waals surface area contributed by atoms with Gasteiger partial charge in [-0.2, -0.15) is 0 Å². The number of ether oxygens (including phenoxy) is 2. The number of aromatic nitrogens is 4. The van der Waals surface area contributed by atoms with E-state index in [1.807, 2.05) is 31.4 Å². The van der Waals surface area contributed by atoms with Gasteiger partial charge in [-0.3, -0.25) is 4.57 Å². The second-order valence-electron chi connectivity index (χ2n) is 6.07. The number of pyridine rings is 2. The molecular formula is C19H18N4O3S. The molecule has 4 rings (SSSR count). The van der Waals surface area contributed by atoms with Crippen molar-refractivity contribution in [3.63, 3.8) is 0 Å². The molecule has 4 heterocycles. The van der Waals surface area contributed by atoms with Crippen LogP contribution in [0.5, 0.6) is 17.5 Å². The Balaban J connectivity index is 1.87. The number of nitrogens with zero attached hydrogens (tertiary/aromatic N) is 4. The lowest BCUT2D eigenvalue weighted by atomic mass is 10.1. The minimum atomic E-state index is 0.136. The van der Waals surface area contributed by atoms with Crippen molar-refractivity contribution in [2.75, 3.05) is 14.2 Å². The molecule has 27 heavy (non-hydrogen) atoms. The Morgan fingerprint density at radius 1 is 1.11 bits per heavy atom. The zero-order valence-corrected chi connectivity index (χ0v) is 16.2. The third-order valence-electron chi connectivity index (χ3n) is 4.33. The summed E-state index contributed by atoms with van der Waals surface area (Å²) in [5.74, 6) is 1.77. The molecule has 4 aromatic rings. The first kappa shape index (κ1) is 17.3. The van der Waals surface area contributed by atoms with Crippen LogP contribution in [0.3, 0.4) is 0 Å². The van der Waals surface area contributed by atoms with Crippen LogP contribution in [0.4, 0.5) is 0 Å². The van der Waals surface area contributed by atoms with Crippen molar-refractivity contribution < 1.29 is 14.6 Å². The Morgan fingerprint density at radius 3 is 2.59 bits per heavy atom. The summed E-state index contributed by atoms with van der Waals surface area (Å²) in [6.45, 7) is 3.87. The predicted octanol–water partition coefficient (Wildman–Crippen LogP) is 3.88. The number of aromatic hydroxyl groups is 1. The Morgan fingerprint density at radius 2 is 1.93 bits per heavy atom. The Bertz CT molecular complexity index is 1150. The van der Waals surface area contributed by atoms with Crippen molar-refractivity contribution in [3.05, 3.63) is 40.5 Å². The van der Waals surface area contributed by atoms with Gasteiger partial charge in [-0.15, -0.1) is 11.3 Å². The van der Waals surface area contributed by atoms with Gasteiger partial charge in [-0.05, 0) is 31.5 Å². The fraction of sp³-hybridized carbons (Fsp3) is 0.211. The molecule has 8 heteroatoms. The standard InChI is InChI=1S/C19H18N4O3S/c1-10-5-13(12-6-15(25-3)18(26-4)20-7-12)22-14-8-23(19(24)17(10)14)16-9-27-11(2)21-16/h5-9,24H,1-4H3. The summed E-state index contributed by atoms with van der Waals surface area (Å²) < 4.78 is 12.2. The SMILES string of the molecule is COc1cc(-c2cc(C)c3c(O)n(-c4csc(C)n4)cc3n2)cnc1OC. The second kappa shape index (κ2) is 6.55. The lowest BCUT2D eigenvalue weighted by Crippen LogP contribution is -1.95. The molecule has 7 nitrogen and oxygen atoms in total. The number of hydrogen-bond donors (Lipinski definition) is 1. The molecule has 0 amide bonds. The van der Waals surface area contributed by atoms with Crippen LogP contribution in [-0.2, 0) is 0 Å². The number of fused-ring (bicyclic) bond motifs is 1. The molecule has 138 valence electrons. The van der Waals surface area contributed by atoms with Gasteiger partial charge in [0.1, 0.15) is 0 Å². The van der Waals surface area contributed by atoms with Crippen molar-refractivity contribution in [2.24, 2.45) is 0 Å². The van der Waals surface area contributed by atoms with Gasteiger partial charge in [-0.25, -0.2) is 15.0 Å². The summed E-state index contributed by atoms with van der Waals surface area (Å²) in [7, 11) is 3.11. The normalized spacial score (nSPS) is 11.1. The molecule has 0 aliphatic rings. The van der Waals surface area contributed by atoms with E-state index in [4.69, 9.17) is 14.5 Å². The van der Waals surface area contributed by atoms with Gasteiger partial charge in [-0.1, -0.05) is 0 Å². The summed E-state index contributed by atoms with van der Waals surface area (Å²) in [4.78, 5) is 13.4. The van der Waals surface area contributed by atoms with Gasteiger partial charge in [0.05, 0.1) is 35.8 Å². The highest BCUT2D eigenvalue weighted by Gasteiger charge is 2.17. The van der Waals surface area contributed by atoms with Gasteiger partial charge in [0, 0.05) is 23.3 Å². The van der Waals surface area contributed by atoms with Gasteiger partial charge >= 0.3 is 0 Å². The first-order valence-corrected chi connectivity index (χ1v) is 9.12. The van der Waals surface area contributed by atoms with Gasteiger partial charge in [0.25, 0.3) is 5.88 Å². The van der Waals surface area contributed by atoms with E-state index in [9.17, 15) is 5.11 Å². The van der Waals surface area contributed by atoms with Crippen molar-refractivity contribution in [2.45, 2.75) is 13.8 Å². The van der Waals surface area contributed by atoms with E-state index in [0.29, 0.717) is 28.4 Å². The van der Waals surface area contributed by atoms with Crippen LogP contribution in [0.15, 0.2) is 29.9 Å². The molecule has 0 saturated carbocycles. The summed E-state index contributed by atoms with van der Waals surface area (Å²) in [6.07, 6.45) is 3.49. The molecule has 0 bridgehead atoms. The highest BCUT2D eigenvalue weighted by molar-refractivity contribution is 7.09. The molecule has 0 fully saturated rings. The van der Waals surface area contributed by atoms with E-state index >= 15 is 0 Å². The largest absolute Gasteiger partial charge is 0.494 e. The summed E-state index contributed by atoms with van der Waals surface area (Å²) in [5.41, 5.74) is 3.13. The molecule has 0 saturated heterocycles. The van der Waals surface area contributed by atoms with Crippen LogP contribution < -0.4 is 9.47 Å². The van der Waals surface area contributed by atoms with E-state index in [0.717, 1.165) is 21.8 Å². The third kappa shape index (κ3) is 2.87. The maximum absolute atomic E-state index is 10.7. The summed E-state index contributed by atoms with van der Waals surface area (Å²) in [6, 6.07) is 3.75. The fourth-order valence-corrected chi connectivity index (χ4v) is 3.63. The smallest absolute Gasteiger partial charge is 0.256 e. The Hall–Kier alpha value is -3.13. The number of methoxy groups -OCH3 is 2. The molecule has 0 aliphatic heterocycles. The maximum atomic E-state index is 10.7. The molecule has 0 unspecified atom stereocenters. The first-order valence-electron chi connectivity index (χ1n) is 8.24. The van der Waals surface area contributed by atoms with Crippen LogP contribution in [0.25, 0.3) is 28.0 Å². The Labute approximate surface area is 159 Å². The molecule has 0 spiro atoms.